The average molecular weight is 312 g/mol. The predicted molar refractivity (Wildman–Crippen MR) is 87.1 cm³/mol. The molecule has 4 rings (SSSR count). The van der Waals surface area contributed by atoms with E-state index in [1.54, 1.807) is 0 Å². The van der Waals surface area contributed by atoms with Crippen molar-refractivity contribution in [1.82, 2.24) is 10.1 Å². The largest absolute Gasteiger partial charge is 0.381 e. The number of hydrogen-bond donors (Lipinski definition) is 0. The van der Waals surface area contributed by atoms with E-state index in [0.29, 0.717) is 17.8 Å². The van der Waals surface area contributed by atoms with Crippen LogP contribution in [0.2, 0.25) is 0 Å². The van der Waals surface area contributed by atoms with E-state index in [2.05, 4.69) is 47.4 Å². The molecule has 4 nitrogen and oxygen atoms in total. The molecular weight excluding hydrogens is 288 g/mol. The van der Waals surface area contributed by atoms with Crippen LogP contribution < -0.4 is 0 Å². The van der Waals surface area contributed by atoms with Crippen LogP contribution in [0.25, 0.3) is 0 Å². The number of aromatic nitrogens is 2. The van der Waals surface area contributed by atoms with Gasteiger partial charge in [-0.1, -0.05) is 42.4 Å². The van der Waals surface area contributed by atoms with Crippen LogP contribution in [0.5, 0.6) is 0 Å². The molecule has 0 radical (unpaired) electrons. The van der Waals surface area contributed by atoms with Gasteiger partial charge in [0.1, 0.15) is 0 Å². The second-order valence-electron chi connectivity index (χ2n) is 7.14. The molecule has 2 aliphatic rings. The molecule has 1 aliphatic heterocycles. The van der Waals surface area contributed by atoms with Gasteiger partial charge in [-0.2, -0.15) is 4.98 Å². The summed E-state index contributed by atoms with van der Waals surface area (Å²) in [5.41, 5.74) is 1.43. The lowest BCUT2D eigenvalue weighted by molar-refractivity contribution is 0.0447. The van der Waals surface area contributed by atoms with Crippen LogP contribution in [-0.4, -0.2) is 23.4 Å². The van der Waals surface area contributed by atoms with E-state index in [4.69, 9.17) is 9.26 Å². The highest BCUT2D eigenvalue weighted by atomic mass is 16.5. The van der Waals surface area contributed by atoms with Gasteiger partial charge in [0.25, 0.3) is 0 Å². The Hall–Kier alpha value is -1.68. The van der Waals surface area contributed by atoms with Crippen molar-refractivity contribution in [3.63, 3.8) is 0 Å². The SMILES string of the molecule is CC1COCCC1c1noc(C[C@@H]2C[C@H]2Cc2ccccc2)n1. The van der Waals surface area contributed by atoms with E-state index < -0.39 is 0 Å². The van der Waals surface area contributed by atoms with Gasteiger partial charge in [-0.15, -0.1) is 0 Å². The number of hydrogen-bond acceptors (Lipinski definition) is 4. The molecule has 0 spiro atoms. The summed E-state index contributed by atoms with van der Waals surface area (Å²) in [7, 11) is 0. The van der Waals surface area contributed by atoms with Crippen molar-refractivity contribution in [3.05, 3.63) is 47.6 Å². The van der Waals surface area contributed by atoms with Crippen molar-refractivity contribution < 1.29 is 9.26 Å². The van der Waals surface area contributed by atoms with Crippen LogP contribution in [0.3, 0.4) is 0 Å². The zero-order valence-corrected chi connectivity index (χ0v) is 13.6. The van der Waals surface area contributed by atoms with Crippen LogP contribution in [0, 0.1) is 17.8 Å². The van der Waals surface area contributed by atoms with E-state index >= 15 is 0 Å². The van der Waals surface area contributed by atoms with Gasteiger partial charge >= 0.3 is 0 Å². The van der Waals surface area contributed by atoms with Crippen LogP contribution in [0.15, 0.2) is 34.9 Å². The third-order valence-electron chi connectivity index (χ3n) is 5.30. The Labute approximate surface area is 137 Å². The molecule has 1 saturated heterocycles. The molecule has 0 amide bonds. The molecule has 1 aromatic heterocycles. The molecule has 122 valence electrons. The molecule has 1 saturated carbocycles. The Morgan fingerprint density at radius 3 is 2.78 bits per heavy atom. The quantitative estimate of drug-likeness (QED) is 0.846. The molecule has 4 heteroatoms. The summed E-state index contributed by atoms with van der Waals surface area (Å²) >= 11 is 0. The highest BCUT2D eigenvalue weighted by Gasteiger charge is 2.38. The molecule has 4 atom stereocenters. The normalized spacial score (nSPS) is 30.3. The molecule has 23 heavy (non-hydrogen) atoms. The number of ether oxygens (including phenoxy) is 1. The molecule has 0 bridgehead atoms. The van der Waals surface area contributed by atoms with Crippen molar-refractivity contribution in [1.29, 1.82) is 0 Å². The van der Waals surface area contributed by atoms with Gasteiger partial charge in [0, 0.05) is 25.6 Å². The third-order valence-corrected chi connectivity index (χ3v) is 5.30. The summed E-state index contributed by atoms with van der Waals surface area (Å²) in [6.07, 6.45) is 4.38. The highest BCUT2D eigenvalue weighted by molar-refractivity contribution is 5.17. The fraction of sp³-hybridized carbons (Fsp3) is 0.579. The van der Waals surface area contributed by atoms with Gasteiger partial charge in [0.15, 0.2) is 5.82 Å². The minimum Gasteiger partial charge on any atom is -0.381 e. The van der Waals surface area contributed by atoms with Crippen molar-refractivity contribution in [2.75, 3.05) is 13.2 Å². The van der Waals surface area contributed by atoms with E-state index in [1.807, 2.05) is 0 Å². The molecule has 1 aromatic carbocycles. The maximum Gasteiger partial charge on any atom is 0.226 e. The van der Waals surface area contributed by atoms with Gasteiger partial charge in [-0.05, 0) is 42.6 Å². The van der Waals surface area contributed by atoms with Crippen molar-refractivity contribution in [2.45, 2.75) is 38.5 Å². The highest BCUT2D eigenvalue weighted by Crippen LogP contribution is 2.43. The van der Waals surface area contributed by atoms with E-state index in [-0.39, 0.29) is 0 Å². The minimum atomic E-state index is 0.389. The molecule has 2 unspecified atom stereocenters. The molecular formula is C19H24N2O2. The Morgan fingerprint density at radius 1 is 1.13 bits per heavy atom. The fourth-order valence-corrected chi connectivity index (χ4v) is 3.72. The summed E-state index contributed by atoms with van der Waals surface area (Å²) in [5.74, 6) is 4.04. The van der Waals surface area contributed by atoms with Crippen LogP contribution in [0.4, 0.5) is 0 Å². The van der Waals surface area contributed by atoms with Gasteiger partial charge in [-0.3, -0.25) is 0 Å². The lowest BCUT2D eigenvalue weighted by atomic mass is 9.89. The molecule has 2 heterocycles. The monoisotopic (exact) mass is 312 g/mol. The maximum absolute atomic E-state index is 5.51. The first-order valence-corrected chi connectivity index (χ1v) is 8.73. The summed E-state index contributed by atoms with van der Waals surface area (Å²) in [6.45, 7) is 3.81. The topological polar surface area (TPSA) is 48.2 Å². The van der Waals surface area contributed by atoms with E-state index in [0.717, 1.165) is 43.7 Å². The number of nitrogens with zero attached hydrogens (tertiary/aromatic N) is 2. The second-order valence-corrected chi connectivity index (χ2v) is 7.14. The van der Waals surface area contributed by atoms with Crippen LogP contribution >= 0.6 is 0 Å². The Bertz CT molecular complexity index is 640. The van der Waals surface area contributed by atoms with Gasteiger partial charge in [0.05, 0.1) is 0 Å². The third kappa shape index (κ3) is 3.47. The first-order chi connectivity index (χ1) is 11.3. The summed E-state index contributed by atoms with van der Waals surface area (Å²) in [4.78, 5) is 4.67. The minimum absolute atomic E-state index is 0.389. The first kappa shape index (κ1) is 14.9. The fourth-order valence-electron chi connectivity index (χ4n) is 3.72. The maximum atomic E-state index is 5.51. The first-order valence-electron chi connectivity index (χ1n) is 8.73. The molecule has 1 aliphatic carbocycles. The summed E-state index contributed by atoms with van der Waals surface area (Å²) < 4.78 is 11.0. The predicted octanol–water partition coefficient (Wildman–Crippen LogP) is 3.63. The Kier molecular flexibility index (Phi) is 4.17. The smallest absolute Gasteiger partial charge is 0.226 e. The lowest BCUT2D eigenvalue weighted by Gasteiger charge is -2.25. The standard InChI is InChI=1S/C19H24N2O2/c1-13-12-22-8-7-17(13)19-20-18(23-21-19)11-16-10-15(16)9-14-5-3-2-4-6-14/h2-6,13,15-17H,7-12H2,1H3/t13?,15-,16+,17?/m1/s1. The van der Waals surface area contributed by atoms with Gasteiger partial charge in [0.2, 0.25) is 5.89 Å². The Balaban J connectivity index is 1.32. The lowest BCUT2D eigenvalue weighted by Crippen LogP contribution is -2.24. The Morgan fingerprint density at radius 2 is 1.96 bits per heavy atom. The van der Waals surface area contributed by atoms with Crippen molar-refractivity contribution >= 4 is 0 Å². The zero-order chi connectivity index (χ0) is 15.6. The van der Waals surface area contributed by atoms with E-state index in [9.17, 15) is 0 Å². The van der Waals surface area contributed by atoms with E-state index in [1.165, 1.54) is 18.4 Å². The average Bonchev–Trinajstić information content (AvgIpc) is 3.11. The van der Waals surface area contributed by atoms with Gasteiger partial charge < -0.3 is 9.26 Å². The zero-order valence-electron chi connectivity index (χ0n) is 13.6. The van der Waals surface area contributed by atoms with Crippen LogP contribution in [-0.2, 0) is 17.6 Å². The van der Waals surface area contributed by atoms with Crippen molar-refractivity contribution in [2.24, 2.45) is 17.8 Å². The summed E-state index contributed by atoms with van der Waals surface area (Å²) in [5, 5.41) is 4.24. The molecule has 0 N–H and O–H groups in total. The van der Waals surface area contributed by atoms with Crippen LogP contribution in [0.1, 0.15) is 43.0 Å². The van der Waals surface area contributed by atoms with Gasteiger partial charge in [-0.25, -0.2) is 0 Å². The second kappa shape index (κ2) is 6.44. The number of rotatable bonds is 5. The number of benzene rings is 1. The molecule has 2 fully saturated rings. The summed E-state index contributed by atoms with van der Waals surface area (Å²) in [6, 6.07) is 10.7. The van der Waals surface area contributed by atoms with Crippen molar-refractivity contribution in [3.8, 4) is 0 Å². The molecule has 2 aromatic rings.